The first kappa shape index (κ1) is 23.4. The van der Waals surface area contributed by atoms with Crippen molar-refractivity contribution in [2.75, 3.05) is 11.9 Å². The second kappa shape index (κ2) is 11.4. The van der Waals surface area contributed by atoms with Crippen molar-refractivity contribution in [3.8, 4) is 17.6 Å². The van der Waals surface area contributed by atoms with E-state index in [9.17, 15) is 10.1 Å². The van der Waals surface area contributed by atoms with Gasteiger partial charge >= 0.3 is 0 Å². The molecule has 0 saturated heterocycles. The molecule has 0 aliphatic rings. The molecule has 0 spiro atoms. The first-order chi connectivity index (χ1) is 15.5. The Morgan fingerprint density at radius 3 is 2.59 bits per heavy atom. The van der Waals surface area contributed by atoms with E-state index in [1.807, 2.05) is 49.4 Å². The summed E-state index contributed by atoms with van der Waals surface area (Å²) in [5.74, 6) is 0.322. The SMILES string of the molecule is CCOc1cc(/C=C(/C#N)C(=O)Nc2cccc(Br)c2)cc(Cl)c1OCc1ccccc1. The van der Waals surface area contributed by atoms with Gasteiger partial charge in [-0.1, -0.05) is 63.9 Å². The van der Waals surface area contributed by atoms with Crippen LogP contribution >= 0.6 is 27.5 Å². The molecule has 0 aliphatic carbocycles. The van der Waals surface area contributed by atoms with Crippen LogP contribution in [0.1, 0.15) is 18.1 Å². The Hall–Kier alpha value is -3.27. The summed E-state index contributed by atoms with van der Waals surface area (Å²) in [6.07, 6.45) is 1.46. The van der Waals surface area contributed by atoms with E-state index in [0.29, 0.717) is 41.0 Å². The van der Waals surface area contributed by atoms with Gasteiger partial charge in [0.25, 0.3) is 5.91 Å². The van der Waals surface area contributed by atoms with Crippen molar-refractivity contribution in [2.24, 2.45) is 0 Å². The first-order valence-corrected chi connectivity index (χ1v) is 11.0. The summed E-state index contributed by atoms with van der Waals surface area (Å²) in [7, 11) is 0. The topological polar surface area (TPSA) is 71.3 Å². The first-order valence-electron chi connectivity index (χ1n) is 9.82. The third-order valence-electron chi connectivity index (χ3n) is 4.32. The van der Waals surface area contributed by atoms with Gasteiger partial charge in [-0.25, -0.2) is 0 Å². The van der Waals surface area contributed by atoms with E-state index in [-0.39, 0.29) is 5.57 Å². The van der Waals surface area contributed by atoms with Gasteiger partial charge in [0.05, 0.1) is 11.6 Å². The minimum Gasteiger partial charge on any atom is -0.490 e. The molecule has 0 radical (unpaired) electrons. The molecule has 0 fully saturated rings. The predicted molar refractivity (Wildman–Crippen MR) is 130 cm³/mol. The molecule has 3 aromatic rings. The van der Waals surface area contributed by atoms with Gasteiger partial charge < -0.3 is 14.8 Å². The summed E-state index contributed by atoms with van der Waals surface area (Å²) in [6.45, 7) is 2.58. The minimum atomic E-state index is -0.524. The smallest absolute Gasteiger partial charge is 0.266 e. The Morgan fingerprint density at radius 1 is 1.12 bits per heavy atom. The van der Waals surface area contributed by atoms with Crippen molar-refractivity contribution in [1.29, 1.82) is 5.26 Å². The Kier molecular flexibility index (Phi) is 8.32. The zero-order chi connectivity index (χ0) is 22.9. The fourth-order valence-corrected chi connectivity index (χ4v) is 3.56. The van der Waals surface area contributed by atoms with Gasteiger partial charge in [-0.3, -0.25) is 4.79 Å². The molecule has 1 amide bonds. The molecular weight excluding hydrogens is 492 g/mol. The summed E-state index contributed by atoms with van der Waals surface area (Å²) in [6, 6.07) is 22.1. The van der Waals surface area contributed by atoms with Crippen molar-refractivity contribution in [3.05, 3.63) is 92.9 Å². The van der Waals surface area contributed by atoms with Crippen molar-refractivity contribution in [2.45, 2.75) is 13.5 Å². The van der Waals surface area contributed by atoms with E-state index >= 15 is 0 Å². The standard InChI is InChI=1S/C25H20BrClN2O3/c1-2-31-23-13-18(12-22(27)24(23)32-16-17-7-4-3-5-8-17)11-19(15-28)25(30)29-21-10-6-9-20(26)14-21/h3-14H,2,16H2,1H3,(H,29,30)/b19-11-. The number of halogens is 2. The molecule has 0 aromatic heterocycles. The number of benzene rings is 3. The predicted octanol–water partition coefficient (Wildman–Crippen LogP) is 6.63. The van der Waals surface area contributed by atoms with Crippen molar-refractivity contribution < 1.29 is 14.3 Å². The van der Waals surface area contributed by atoms with E-state index in [4.69, 9.17) is 21.1 Å². The number of amides is 1. The summed E-state index contributed by atoms with van der Waals surface area (Å²) < 4.78 is 12.4. The average Bonchev–Trinajstić information content (AvgIpc) is 2.77. The van der Waals surface area contributed by atoms with Gasteiger partial charge in [-0.05, 0) is 54.5 Å². The summed E-state index contributed by atoms with van der Waals surface area (Å²) >= 11 is 9.82. The number of hydrogen-bond acceptors (Lipinski definition) is 4. The second-order valence-electron chi connectivity index (χ2n) is 6.67. The molecule has 0 saturated carbocycles. The normalized spacial score (nSPS) is 10.9. The van der Waals surface area contributed by atoms with Gasteiger partial charge in [-0.2, -0.15) is 5.26 Å². The summed E-state index contributed by atoms with van der Waals surface area (Å²) in [5.41, 5.74) is 2.04. The third-order valence-corrected chi connectivity index (χ3v) is 5.09. The maximum atomic E-state index is 12.6. The molecule has 5 nitrogen and oxygen atoms in total. The zero-order valence-electron chi connectivity index (χ0n) is 17.3. The molecule has 7 heteroatoms. The van der Waals surface area contributed by atoms with Crippen molar-refractivity contribution in [3.63, 3.8) is 0 Å². The maximum Gasteiger partial charge on any atom is 0.266 e. The molecule has 0 atom stereocenters. The molecule has 3 aromatic carbocycles. The van der Waals surface area contributed by atoms with Gasteiger partial charge in [0, 0.05) is 10.2 Å². The molecule has 0 bridgehead atoms. The van der Waals surface area contributed by atoms with Crippen LogP contribution in [0.3, 0.4) is 0 Å². The molecular formula is C25H20BrClN2O3. The number of hydrogen-bond donors (Lipinski definition) is 1. The molecule has 162 valence electrons. The average molecular weight is 512 g/mol. The number of carbonyl (C=O) groups is 1. The van der Waals surface area contributed by atoms with Crippen LogP contribution < -0.4 is 14.8 Å². The largest absolute Gasteiger partial charge is 0.490 e. The molecule has 32 heavy (non-hydrogen) atoms. The highest BCUT2D eigenvalue weighted by molar-refractivity contribution is 9.10. The highest BCUT2D eigenvalue weighted by Crippen LogP contribution is 2.38. The number of nitrogens with one attached hydrogen (secondary N) is 1. The number of ether oxygens (including phenoxy) is 2. The molecule has 0 heterocycles. The summed E-state index contributed by atoms with van der Waals surface area (Å²) in [5, 5.41) is 12.6. The van der Waals surface area contributed by atoms with E-state index in [0.717, 1.165) is 10.0 Å². The Bertz CT molecular complexity index is 1170. The van der Waals surface area contributed by atoms with Gasteiger partial charge in [-0.15, -0.1) is 0 Å². The van der Waals surface area contributed by atoms with Crippen molar-refractivity contribution >= 4 is 45.2 Å². The minimum absolute atomic E-state index is 0.0681. The highest BCUT2D eigenvalue weighted by atomic mass is 79.9. The van der Waals surface area contributed by atoms with Gasteiger partial charge in [0.1, 0.15) is 18.2 Å². The molecule has 0 aliphatic heterocycles. The lowest BCUT2D eigenvalue weighted by Gasteiger charge is -2.15. The fraction of sp³-hybridized carbons (Fsp3) is 0.120. The van der Waals surface area contributed by atoms with E-state index in [1.54, 1.807) is 30.3 Å². The highest BCUT2D eigenvalue weighted by Gasteiger charge is 2.15. The number of nitrogens with zero attached hydrogens (tertiary/aromatic N) is 1. The van der Waals surface area contributed by atoms with Gasteiger partial charge in [0.15, 0.2) is 11.5 Å². The number of nitriles is 1. The van der Waals surface area contributed by atoms with Crippen LogP contribution in [0.15, 0.2) is 76.8 Å². The second-order valence-corrected chi connectivity index (χ2v) is 7.99. The zero-order valence-corrected chi connectivity index (χ0v) is 19.6. The van der Waals surface area contributed by atoms with Crippen LogP contribution in [0, 0.1) is 11.3 Å². The van der Waals surface area contributed by atoms with Crippen LogP contribution in [-0.4, -0.2) is 12.5 Å². The van der Waals surface area contributed by atoms with E-state index in [2.05, 4.69) is 21.2 Å². The molecule has 3 rings (SSSR count). The van der Waals surface area contributed by atoms with Crippen LogP contribution in [0.5, 0.6) is 11.5 Å². The molecule has 0 unspecified atom stereocenters. The Labute approximate surface area is 200 Å². The number of anilines is 1. The van der Waals surface area contributed by atoms with Gasteiger partial charge in [0.2, 0.25) is 0 Å². The Morgan fingerprint density at radius 2 is 1.91 bits per heavy atom. The van der Waals surface area contributed by atoms with E-state index in [1.165, 1.54) is 6.08 Å². The monoisotopic (exact) mass is 510 g/mol. The quantitative estimate of drug-likeness (QED) is 0.272. The van der Waals surface area contributed by atoms with Crippen LogP contribution in [0.4, 0.5) is 5.69 Å². The maximum absolute atomic E-state index is 12.6. The number of carbonyl (C=O) groups excluding carboxylic acids is 1. The van der Waals surface area contributed by atoms with Crippen LogP contribution in [-0.2, 0) is 11.4 Å². The van der Waals surface area contributed by atoms with Crippen LogP contribution in [0.25, 0.3) is 6.08 Å². The fourth-order valence-electron chi connectivity index (χ4n) is 2.88. The van der Waals surface area contributed by atoms with Crippen LogP contribution in [0.2, 0.25) is 5.02 Å². The third kappa shape index (κ3) is 6.36. The lowest BCUT2D eigenvalue weighted by Crippen LogP contribution is -2.13. The number of rotatable bonds is 8. The Balaban J connectivity index is 1.84. The lowest BCUT2D eigenvalue weighted by atomic mass is 10.1. The van der Waals surface area contributed by atoms with Crippen molar-refractivity contribution in [1.82, 2.24) is 0 Å². The lowest BCUT2D eigenvalue weighted by molar-refractivity contribution is -0.112. The molecule has 1 N–H and O–H groups in total. The summed E-state index contributed by atoms with van der Waals surface area (Å²) in [4.78, 5) is 12.6. The van der Waals surface area contributed by atoms with E-state index < -0.39 is 5.91 Å².